The van der Waals surface area contributed by atoms with Gasteiger partial charge in [-0.1, -0.05) is 40.9 Å². The van der Waals surface area contributed by atoms with Crippen LogP contribution in [0.5, 0.6) is 11.5 Å². The first-order chi connectivity index (χ1) is 14.9. The molecule has 174 valence electrons. The number of amides is 1. The van der Waals surface area contributed by atoms with Crippen molar-refractivity contribution in [2.75, 3.05) is 19.0 Å². The Morgan fingerprint density at radius 3 is 2.25 bits per heavy atom. The Kier molecular flexibility index (Phi) is 9.08. The Balaban J connectivity index is 1.96. The van der Waals surface area contributed by atoms with Crippen LogP contribution in [-0.4, -0.2) is 34.7 Å². The van der Waals surface area contributed by atoms with Crippen molar-refractivity contribution in [3.05, 3.63) is 54.1 Å². The van der Waals surface area contributed by atoms with E-state index in [0.29, 0.717) is 11.5 Å². The number of carbonyl (C=O) groups is 1. The van der Waals surface area contributed by atoms with Gasteiger partial charge in [0.2, 0.25) is 3.79 Å². The van der Waals surface area contributed by atoms with E-state index in [2.05, 4.69) is 16.0 Å². The van der Waals surface area contributed by atoms with Crippen molar-refractivity contribution in [1.82, 2.24) is 10.6 Å². The van der Waals surface area contributed by atoms with Gasteiger partial charge in [-0.3, -0.25) is 4.79 Å². The van der Waals surface area contributed by atoms with E-state index in [1.807, 2.05) is 0 Å². The van der Waals surface area contributed by atoms with E-state index in [9.17, 15) is 18.0 Å². The third-order valence-corrected chi connectivity index (χ3v) is 4.66. The van der Waals surface area contributed by atoms with Crippen molar-refractivity contribution < 1.29 is 27.4 Å². The van der Waals surface area contributed by atoms with Gasteiger partial charge in [0.25, 0.3) is 5.91 Å². The van der Waals surface area contributed by atoms with Crippen molar-refractivity contribution in [2.45, 2.75) is 16.1 Å². The fourth-order valence-corrected chi connectivity index (χ4v) is 2.86. The summed E-state index contributed by atoms with van der Waals surface area (Å²) in [4.78, 5) is 12.2. The number of nitrogens with one attached hydrogen (secondary N) is 3. The minimum atomic E-state index is -4.52. The van der Waals surface area contributed by atoms with Gasteiger partial charge in [0, 0.05) is 5.69 Å². The Morgan fingerprint density at radius 2 is 1.69 bits per heavy atom. The molecule has 0 aromatic heterocycles. The van der Waals surface area contributed by atoms with Crippen LogP contribution in [0, 0.1) is 0 Å². The van der Waals surface area contributed by atoms with Crippen LogP contribution in [0.15, 0.2) is 48.5 Å². The SMILES string of the molecule is COc1ccc(OCC(=O)NC(NC(=S)Nc2cccc(C(F)(F)F)c2)C(Cl)(Cl)Cl)cc1. The van der Waals surface area contributed by atoms with Gasteiger partial charge in [-0.2, -0.15) is 13.2 Å². The van der Waals surface area contributed by atoms with Crippen molar-refractivity contribution in [1.29, 1.82) is 0 Å². The summed E-state index contributed by atoms with van der Waals surface area (Å²) >= 11 is 22.7. The maximum absolute atomic E-state index is 12.9. The number of anilines is 1. The number of thiocarbonyl (C=S) groups is 1. The maximum Gasteiger partial charge on any atom is 0.416 e. The van der Waals surface area contributed by atoms with Gasteiger partial charge in [-0.25, -0.2) is 0 Å². The van der Waals surface area contributed by atoms with Gasteiger partial charge in [0.05, 0.1) is 12.7 Å². The van der Waals surface area contributed by atoms with Crippen LogP contribution in [0.25, 0.3) is 0 Å². The van der Waals surface area contributed by atoms with Gasteiger partial charge in [0.15, 0.2) is 11.7 Å². The summed E-state index contributed by atoms with van der Waals surface area (Å²) in [6.07, 6.45) is -5.84. The Morgan fingerprint density at radius 1 is 1.06 bits per heavy atom. The number of rotatable bonds is 7. The minimum Gasteiger partial charge on any atom is -0.497 e. The molecule has 0 spiro atoms. The third kappa shape index (κ3) is 8.42. The van der Waals surface area contributed by atoms with Crippen molar-refractivity contribution in [2.24, 2.45) is 0 Å². The molecule has 1 amide bonds. The molecule has 0 fully saturated rings. The highest BCUT2D eigenvalue weighted by molar-refractivity contribution is 7.80. The Hall–Kier alpha value is -2.14. The summed E-state index contributed by atoms with van der Waals surface area (Å²) in [5, 5.41) is 7.31. The smallest absolute Gasteiger partial charge is 0.416 e. The van der Waals surface area contributed by atoms with E-state index in [1.165, 1.54) is 19.2 Å². The van der Waals surface area contributed by atoms with Gasteiger partial charge < -0.3 is 25.4 Å². The summed E-state index contributed by atoms with van der Waals surface area (Å²) in [5.41, 5.74) is -0.818. The Bertz CT molecular complexity index is 941. The molecule has 0 bridgehead atoms. The average Bonchev–Trinajstić information content (AvgIpc) is 2.71. The second-order valence-electron chi connectivity index (χ2n) is 6.18. The minimum absolute atomic E-state index is 0.0505. The lowest BCUT2D eigenvalue weighted by Gasteiger charge is -2.27. The number of hydrogen-bond acceptors (Lipinski definition) is 4. The van der Waals surface area contributed by atoms with Gasteiger partial charge in [0.1, 0.15) is 17.7 Å². The van der Waals surface area contributed by atoms with Crippen LogP contribution in [-0.2, 0) is 11.0 Å². The second kappa shape index (κ2) is 11.1. The molecule has 0 heterocycles. The summed E-state index contributed by atoms with van der Waals surface area (Å²) in [5.74, 6) is 0.372. The lowest BCUT2D eigenvalue weighted by molar-refractivity contribution is -0.137. The molecular formula is C19H17Cl3F3N3O3S. The van der Waals surface area contributed by atoms with Gasteiger partial charge in [-0.05, 0) is 54.7 Å². The lowest BCUT2D eigenvalue weighted by atomic mass is 10.2. The monoisotopic (exact) mass is 529 g/mol. The maximum atomic E-state index is 12.9. The molecule has 1 atom stereocenters. The standard InChI is InChI=1S/C19H17Cl3F3N3O3S/c1-30-13-5-7-14(8-6-13)31-10-15(29)27-16(18(20,21)22)28-17(32)26-12-4-2-3-11(9-12)19(23,24)25/h2-9,16H,10H2,1H3,(H,27,29)(H2,26,28,32). The quantitative estimate of drug-likeness (QED) is 0.269. The van der Waals surface area contributed by atoms with Crippen LogP contribution < -0.4 is 25.4 Å². The van der Waals surface area contributed by atoms with Gasteiger partial charge in [-0.15, -0.1) is 0 Å². The third-order valence-electron chi connectivity index (χ3n) is 3.79. The number of benzene rings is 2. The molecule has 2 aromatic rings. The van der Waals surface area contributed by atoms with Crippen LogP contribution in [0.2, 0.25) is 0 Å². The summed E-state index contributed by atoms with van der Waals surface area (Å²) in [6.45, 7) is -0.404. The van der Waals surface area contributed by atoms with E-state index in [4.69, 9.17) is 56.5 Å². The molecule has 32 heavy (non-hydrogen) atoms. The van der Waals surface area contributed by atoms with Crippen molar-refractivity contribution in [3.63, 3.8) is 0 Å². The van der Waals surface area contributed by atoms with Crippen LogP contribution in [0.3, 0.4) is 0 Å². The van der Waals surface area contributed by atoms with Crippen molar-refractivity contribution in [3.8, 4) is 11.5 Å². The molecule has 0 aliphatic rings. The Labute approximate surface area is 202 Å². The predicted octanol–water partition coefficient (Wildman–Crippen LogP) is 4.89. The van der Waals surface area contributed by atoms with E-state index < -0.39 is 34.2 Å². The number of carbonyl (C=O) groups excluding carboxylic acids is 1. The first-order valence-electron chi connectivity index (χ1n) is 8.76. The zero-order valence-electron chi connectivity index (χ0n) is 16.3. The highest BCUT2D eigenvalue weighted by Gasteiger charge is 2.35. The van der Waals surface area contributed by atoms with E-state index >= 15 is 0 Å². The second-order valence-corrected chi connectivity index (χ2v) is 8.96. The largest absolute Gasteiger partial charge is 0.497 e. The molecule has 0 aliphatic carbocycles. The van der Waals surface area contributed by atoms with E-state index in [1.54, 1.807) is 24.3 Å². The first kappa shape index (κ1) is 26.1. The number of methoxy groups -OCH3 is 1. The first-order valence-corrected chi connectivity index (χ1v) is 10.3. The fraction of sp³-hybridized carbons (Fsp3) is 0.263. The molecule has 2 aromatic carbocycles. The number of halogens is 6. The van der Waals surface area contributed by atoms with Crippen LogP contribution in [0.4, 0.5) is 18.9 Å². The highest BCUT2D eigenvalue weighted by atomic mass is 35.6. The number of hydrogen-bond donors (Lipinski definition) is 3. The number of ether oxygens (including phenoxy) is 2. The molecule has 3 N–H and O–H groups in total. The molecule has 2 rings (SSSR count). The van der Waals surface area contributed by atoms with Crippen LogP contribution >= 0.6 is 47.0 Å². The topological polar surface area (TPSA) is 71.6 Å². The molecule has 0 saturated carbocycles. The zero-order valence-corrected chi connectivity index (χ0v) is 19.4. The van der Waals surface area contributed by atoms with Crippen molar-refractivity contribution >= 4 is 63.7 Å². The molecule has 13 heteroatoms. The van der Waals surface area contributed by atoms with E-state index in [0.717, 1.165) is 12.1 Å². The molecule has 6 nitrogen and oxygen atoms in total. The fourth-order valence-electron chi connectivity index (χ4n) is 2.29. The highest BCUT2D eigenvalue weighted by Crippen LogP contribution is 2.31. The number of alkyl halides is 6. The summed E-state index contributed by atoms with van der Waals surface area (Å²) < 4.78 is 46.9. The van der Waals surface area contributed by atoms with E-state index in [-0.39, 0.29) is 10.8 Å². The molecular weight excluding hydrogens is 514 g/mol. The predicted molar refractivity (Wildman–Crippen MR) is 122 cm³/mol. The molecule has 0 saturated heterocycles. The van der Waals surface area contributed by atoms with Gasteiger partial charge >= 0.3 is 6.18 Å². The molecule has 0 radical (unpaired) electrons. The van der Waals surface area contributed by atoms with Crippen LogP contribution in [0.1, 0.15) is 5.56 Å². The molecule has 0 aliphatic heterocycles. The summed E-state index contributed by atoms with van der Waals surface area (Å²) in [7, 11) is 1.51. The molecule has 1 unspecified atom stereocenters. The summed E-state index contributed by atoms with van der Waals surface area (Å²) in [6, 6.07) is 10.9. The average molecular weight is 531 g/mol. The lowest BCUT2D eigenvalue weighted by Crippen LogP contribution is -2.56. The zero-order chi connectivity index (χ0) is 23.9. The normalized spacial score (nSPS) is 12.5.